The lowest BCUT2D eigenvalue weighted by atomic mass is 10.3. The van der Waals surface area contributed by atoms with Gasteiger partial charge in [-0.15, -0.1) is 0 Å². The number of pyridine rings is 1. The highest BCUT2D eigenvalue weighted by Crippen LogP contribution is 2.05. The summed E-state index contributed by atoms with van der Waals surface area (Å²) in [7, 11) is 0. The topological polar surface area (TPSA) is 73.8 Å². The Morgan fingerprint density at radius 1 is 1.43 bits per heavy atom. The van der Waals surface area contributed by atoms with E-state index >= 15 is 0 Å². The number of amides is 1. The first kappa shape index (κ1) is 8.43. The lowest BCUT2D eigenvalue weighted by Gasteiger charge is -1.97. The highest BCUT2D eigenvalue weighted by Gasteiger charge is 2.04. The van der Waals surface area contributed by atoms with Crippen LogP contribution in [-0.2, 0) is 0 Å². The zero-order valence-electron chi connectivity index (χ0n) is 7.29. The Balaban J connectivity index is 2.39. The van der Waals surface area contributed by atoms with E-state index in [0.29, 0.717) is 5.56 Å². The molecular weight excluding hydrogens is 180 g/mol. The number of rotatable bonds is 2. The van der Waals surface area contributed by atoms with Crippen LogP contribution in [0.1, 0.15) is 10.4 Å². The summed E-state index contributed by atoms with van der Waals surface area (Å²) in [6.07, 6.45) is 6.31. The molecule has 0 saturated heterocycles. The van der Waals surface area contributed by atoms with Crippen LogP contribution in [-0.4, -0.2) is 20.7 Å². The first-order valence-electron chi connectivity index (χ1n) is 4.02. The lowest BCUT2D eigenvalue weighted by Crippen LogP contribution is -2.09. The summed E-state index contributed by atoms with van der Waals surface area (Å²) in [5, 5.41) is 3.98. The molecule has 5 heteroatoms. The van der Waals surface area contributed by atoms with Crippen molar-refractivity contribution in [1.29, 1.82) is 0 Å². The second-order valence-corrected chi connectivity index (χ2v) is 2.75. The van der Waals surface area contributed by atoms with Crippen molar-refractivity contribution in [2.24, 2.45) is 5.73 Å². The predicted octanol–water partition coefficient (Wildman–Crippen LogP) is 0.366. The number of nitrogens with zero attached hydrogens (tertiary/aromatic N) is 3. The molecule has 0 bridgehead atoms. The molecule has 2 heterocycles. The summed E-state index contributed by atoms with van der Waals surface area (Å²) in [5.74, 6) is -0.486. The van der Waals surface area contributed by atoms with Crippen LogP contribution >= 0.6 is 0 Å². The summed E-state index contributed by atoms with van der Waals surface area (Å²) in [6, 6.07) is 3.63. The van der Waals surface area contributed by atoms with Gasteiger partial charge in [-0.2, -0.15) is 5.10 Å². The molecule has 0 aliphatic carbocycles. The summed E-state index contributed by atoms with van der Waals surface area (Å²) in [5.41, 5.74) is 6.27. The quantitative estimate of drug-likeness (QED) is 0.739. The highest BCUT2D eigenvalue weighted by atomic mass is 16.1. The molecule has 0 radical (unpaired) electrons. The van der Waals surface area contributed by atoms with Gasteiger partial charge in [-0.1, -0.05) is 0 Å². The molecule has 2 aromatic heterocycles. The van der Waals surface area contributed by atoms with Gasteiger partial charge in [0.25, 0.3) is 5.91 Å². The molecule has 2 N–H and O–H groups in total. The molecule has 0 unspecified atom stereocenters. The van der Waals surface area contributed by atoms with Crippen molar-refractivity contribution in [3.8, 4) is 5.69 Å². The number of aromatic nitrogens is 3. The number of primary amides is 1. The average Bonchev–Trinajstić information content (AvgIpc) is 2.68. The van der Waals surface area contributed by atoms with Crippen molar-refractivity contribution < 1.29 is 4.79 Å². The van der Waals surface area contributed by atoms with Gasteiger partial charge in [0.2, 0.25) is 0 Å². The van der Waals surface area contributed by atoms with Crippen LogP contribution in [0.5, 0.6) is 0 Å². The van der Waals surface area contributed by atoms with E-state index in [1.165, 1.54) is 6.20 Å². The Morgan fingerprint density at radius 2 is 2.29 bits per heavy atom. The van der Waals surface area contributed by atoms with Gasteiger partial charge >= 0.3 is 0 Å². The van der Waals surface area contributed by atoms with Crippen molar-refractivity contribution in [3.63, 3.8) is 0 Å². The van der Waals surface area contributed by atoms with Crippen LogP contribution in [0.25, 0.3) is 5.69 Å². The van der Waals surface area contributed by atoms with Crippen LogP contribution in [0.3, 0.4) is 0 Å². The van der Waals surface area contributed by atoms with Crippen molar-refractivity contribution >= 4 is 5.91 Å². The normalized spacial score (nSPS) is 10.0. The van der Waals surface area contributed by atoms with E-state index in [2.05, 4.69) is 10.1 Å². The average molecular weight is 188 g/mol. The minimum absolute atomic E-state index is 0.383. The maximum atomic E-state index is 10.8. The van der Waals surface area contributed by atoms with Gasteiger partial charge in [-0.05, 0) is 12.1 Å². The summed E-state index contributed by atoms with van der Waals surface area (Å²) < 4.78 is 1.55. The van der Waals surface area contributed by atoms with Gasteiger partial charge in [-0.3, -0.25) is 9.78 Å². The Kier molecular flexibility index (Phi) is 1.98. The predicted molar refractivity (Wildman–Crippen MR) is 49.9 cm³/mol. The molecule has 5 nitrogen and oxygen atoms in total. The molecule has 70 valence electrons. The fraction of sp³-hybridized carbons (Fsp3) is 0. The van der Waals surface area contributed by atoms with Crippen molar-refractivity contribution in [3.05, 3.63) is 42.5 Å². The van der Waals surface area contributed by atoms with Crippen molar-refractivity contribution in [1.82, 2.24) is 14.8 Å². The van der Waals surface area contributed by atoms with E-state index in [1.54, 1.807) is 29.3 Å². The third-order valence-corrected chi connectivity index (χ3v) is 1.78. The molecule has 0 aliphatic heterocycles. The largest absolute Gasteiger partial charge is 0.366 e. The molecular formula is C9H8N4O. The zero-order chi connectivity index (χ0) is 9.97. The number of carbonyl (C=O) groups excluding carboxylic acids is 1. The second-order valence-electron chi connectivity index (χ2n) is 2.75. The highest BCUT2D eigenvalue weighted by molar-refractivity contribution is 5.92. The van der Waals surface area contributed by atoms with E-state index in [0.717, 1.165) is 5.69 Å². The second kappa shape index (κ2) is 3.29. The van der Waals surface area contributed by atoms with Gasteiger partial charge in [-0.25, -0.2) is 4.68 Å². The first-order chi connectivity index (χ1) is 6.77. The minimum Gasteiger partial charge on any atom is -0.366 e. The Hall–Kier alpha value is -2.17. The smallest absolute Gasteiger partial charge is 0.251 e. The van der Waals surface area contributed by atoms with Gasteiger partial charge in [0.05, 0.1) is 23.6 Å². The monoisotopic (exact) mass is 188 g/mol. The van der Waals surface area contributed by atoms with Crippen LogP contribution in [0.4, 0.5) is 0 Å². The molecule has 0 saturated carbocycles. The molecule has 2 aromatic rings. The SMILES string of the molecule is NC(=O)c1cnn(-c2cccnc2)c1. The van der Waals surface area contributed by atoms with Gasteiger partial charge < -0.3 is 5.73 Å². The molecule has 1 amide bonds. The third-order valence-electron chi connectivity index (χ3n) is 1.78. The number of nitrogens with two attached hydrogens (primary N) is 1. The molecule has 2 rings (SSSR count). The maximum Gasteiger partial charge on any atom is 0.251 e. The standard InChI is InChI=1S/C9H8N4O/c10-9(14)7-4-12-13(6-7)8-2-1-3-11-5-8/h1-6H,(H2,10,14). The Bertz CT molecular complexity index is 449. The van der Waals surface area contributed by atoms with E-state index in [4.69, 9.17) is 5.73 Å². The Labute approximate surface area is 80.2 Å². The zero-order valence-corrected chi connectivity index (χ0v) is 7.29. The van der Waals surface area contributed by atoms with Crippen molar-refractivity contribution in [2.45, 2.75) is 0 Å². The molecule has 0 aliphatic rings. The minimum atomic E-state index is -0.486. The summed E-state index contributed by atoms with van der Waals surface area (Å²) in [4.78, 5) is 14.7. The third kappa shape index (κ3) is 1.47. The fourth-order valence-electron chi connectivity index (χ4n) is 1.08. The molecule has 0 spiro atoms. The van der Waals surface area contributed by atoms with E-state index < -0.39 is 5.91 Å². The number of carbonyl (C=O) groups is 1. The Morgan fingerprint density at radius 3 is 2.86 bits per heavy atom. The lowest BCUT2D eigenvalue weighted by molar-refractivity contribution is 0.100. The first-order valence-corrected chi connectivity index (χ1v) is 4.02. The van der Waals surface area contributed by atoms with Crippen LogP contribution in [0, 0.1) is 0 Å². The van der Waals surface area contributed by atoms with E-state index in [1.807, 2.05) is 6.07 Å². The molecule has 0 fully saturated rings. The van der Waals surface area contributed by atoms with E-state index in [-0.39, 0.29) is 0 Å². The summed E-state index contributed by atoms with van der Waals surface area (Å²) >= 11 is 0. The number of hydrogen-bond donors (Lipinski definition) is 1. The fourth-order valence-corrected chi connectivity index (χ4v) is 1.08. The van der Waals surface area contributed by atoms with Gasteiger partial charge in [0, 0.05) is 12.4 Å². The van der Waals surface area contributed by atoms with Gasteiger partial charge in [0.1, 0.15) is 0 Å². The van der Waals surface area contributed by atoms with Crippen LogP contribution in [0.2, 0.25) is 0 Å². The molecule has 0 atom stereocenters. The number of hydrogen-bond acceptors (Lipinski definition) is 3. The maximum absolute atomic E-state index is 10.8. The summed E-state index contributed by atoms with van der Waals surface area (Å²) in [6.45, 7) is 0. The molecule has 0 aromatic carbocycles. The van der Waals surface area contributed by atoms with Crippen molar-refractivity contribution in [2.75, 3.05) is 0 Å². The van der Waals surface area contributed by atoms with Crippen LogP contribution in [0.15, 0.2) is 36.9 Å². The van der Waals surface area contributed by atoms with Crippen LogP contribution < -0.4 is 5.73 Å². The molecule has 14 heavy (non-hydrogen) atoms. The van der Waals surface area contributed by atoms with Gasteiger partial charge in [0.15, 0.2) is 0 Å². The van der Waals surface area contributed by atoms with E-state index in [9.17, 15) is 4.79 Å².